The topological polar surface area (TPSA) is 128 Å². The summed E-state index contributed by atoms with van der Waals surface area (Å²) in [6, 6.07) is 5.70. The highest BCUT2D eigenvalue weighted by Crippen LogP contribution is 2.38. The smallest absolute Gasteiger partial charge is 0.342 e. The van der Waals surface area contributed by atoms with Gasteiger partial charge in [-0.25, -0.2) is 4.79 Å². The van der Waals surface area contributed by atoms with Crippen molar-refractivity contribution in [3.05, 3.63) is 50.4 Å². The second-order valence-electron chi connectivity index (χ2n) is 6.91. The molecule has 2 aromatic rings. The molecule has 30 heavy (non-hydrogen) atoms. The lowest BCUT2D eigenvalue weighted by molar-refractivity contribution is -0.383. The summed E-state index contributed by atoms with van der Waals surface area (Å²) >= 11 is 1.35. The van der Waals surface area contributed by atoms with Crippen LogP contribution in [0.3, 0.4) is 0 Å². The molecule has 2 amide bonds. The first-order valence-corrected chi connectivity index (χ1v) is 10.3. The number of anilines is 2. The first-order chi connectivity index (χ1) is 14.3. The molecule has 9 nitrogen and oxygen atoms in total. The highest BCUT2D eigenvalue weighted by atomic mass is 32.1. The van der Waals surface area contributed by atoms with Crippen LogP contribution in [0.15, 0.2) is 24.3 Å². The highest BCUT2D eigenvalue weighted by molar-refractivity contribution is 7.17. The average Bonchev–Trinajstić information content (AvgIpc) is 3.05. The Kier molecular flexibility index (Phi) is 6.46. The van der Waals surface area contributed by atoms with E-state index in [1.165, 1.54) is 43.4 Å². The molecular formula is C20H21N3O6S. The normalized spacial score (nSPS) is 13.7. The van der Waals surface area contributed by atoms with E-state index >= 15 is 0 Å². The Labute approximate surface area is 176 Å². The van der Waals surface area contributed by atoms with Crippen molar-refractivity contribution in [1.82, 2.24) is 0 Å². The lowest BCUT2D eigenvalue weighted by atomic mass is 9.95. The van der Waals surface area contributed by atoms with E-state index in [1.807, 2.05) is 0 Å². The van der Waals surface area contributed by atoms with Crippen molar-refractivity contribution >= 4 is 45.5 Å². The molecule has 0 spiro atoms. The van der Waals surface area contributed by atoms with E-state index < -0.39 is 22.9 Å². The zero-order valence-electron chi connectivity index (χ0n) is 16.5. The third kappa shape index (κ3) is 4.65. The second-order valence-corrected chi connectivity index (χ2v) is 8.01. The fraction of sp³-hybridized carbons (Fsp3) is 0.350. The van der Waals surface area contributed by atoms with Crippen molar-refractivity contribution in [2.24, 2.45) is 0 Å². The number of amides is 2. The molecule has 1 atom stereocenters. The van der Waals surface area contributed by atoms with Crippen molar-refractivity contribution in [3.63, 3.8) is 0 Å². The number of rotatable bonds is 6. The summed E-state index contributed by atoms with van der Waals surface area (Å²) in [5, 5.41) is 16.6. The Balaban J connectivity index is 1.77. The van der Waals surface area contributed by atoms with Gasteiger partial charge in [-0.2, -0.15) is 0 Å². The molecule has 0 bridgehead atoms. The molecule has 1 aliphatic carbocycles. The lowest BCUT2D eigenvalue weighted by Crippen LogP contribution is -2.30. The predicted octanol–water partition coefficient (Wildman–Crippen LogP) is 3.68. The summed E-state index contributed by atoms with van der Waals surface area (Å²) in [6.45, 7) is 2.75. The minimum absolute atomic E-state index is 0.0160. The van der Waals surface area contributed by atoms with E-state index in [0.29, 0.717) is 11.4 Å². The van der Waals surface area contributed by atoms with Gasteiger partial charge in [0, 0.05) is 17.9 Å². The number of nitro benzene ring substituents is 1. The summed E-state index contributed by atoms with van der Waals surface area (Å²) < 4.78 is 5.35. The van der Waals surface area contributed by atoms with Crippen LogP contribution in [0.2, 0.25) is 0 Å². The first kappa shape index (κ1) is 21.4. The summed E-state index contributed by atoms with van der Waals surface area (Å²) in [6.07, 6.45) is 2.27. The number of aryl methyl sites for hydroxylation is 1. The largest absolute Gasteiger partial charge is 0.449 e. The van der Waals surface area contributed by atoms with E-state index in [9.17, 15) is 24.5 Å². The Bertz CT molecular complexity index is 1020. The van der Waals surface area contributed by atoms with Gasteiger partial charge in [0.2, 0.25) is 5.91 Å². The molecule has 10 heteroatoms. The molecule has 1 heterocycles. The molecule has 0 saturated heterocycles. The monoisotopic (exact) mass is 431 g/mol. The molecule has 0 saturated carbocycles. The third-order valence-electron chi connectivity index (χ3n) is 4.68. The fourth-order valence-corrected chi connectivity index (χ4v) is 4.60. The van der Waals surface area contributed by atoms with Crippen LogP contribution in [0, 0.1) is 10.1 Å². The molecular weight excluding hydrogens is 410 g/mol. The number of nitrogens with one attached hydrogen (secondary N) is 2. The molecule has 1 aromatic heterocycles. The summed E-state index contributed by atoms with van der Waals surface area (Å²) in [7, 11) is 0. The van der Waals surface area contributed by atoms with Gasteiger partial charge >= 0.3 is 5.97 Å². The van der Waals surface area contributed by atoms with Crippen LogP contribution < -0.4 is 10.6 Å². The van der Waals surface area contributed by atoms with Crippen LogP contribution in [0.5, 0.6) is 0 Å². The zero-order chi connectivity index (χ0) is 21.8. The molecule has 1 unspecified atom stereocenters. The van der Waals surface area contributed by atoms with Crippen LogP contribution >= 0.6 is 11.3 Å². The number of carbonyl (C=O) groups excluding carboxylic acids is 3. The number of fused-ring (bicyclic) bond motifs is 1. The third-order valence-corrected chi connectivity index (χ3v) is 5.88. The number of hydrogen-bond donors (Lipinski definition) is 2. The van der Waals surface area contributed by atoms with Gasteiger partial charge < -0.3 is 15.4 Å². The fourth-order valence-electron chi connectivity index (χ4n) is 3.28. The average molecular weight is 431 g/mol. The SMILES string of the molecule is CC(=O)Nc1sc2c(c1C(=O)OC(C)C(=O)Nc1ccccc1[N+](=O)[O-])CCCC2. The number of nitrogens with zero attached hydrogens (tertiary/aromatic N) is 1. The second kappa shape index (κ2) is 9.04. The number of hydrogen-bond acceptors (Lipinski definition) is 7. The van der Waals surface area contributed by atoms with Crippen LogP contribution in [0.4, 0.5) is 16.4 Å². The van der Waals surface area contributed by atoms with Gasteiger partial charge in [-0.1, -0.05) is 12.1 Å². The van der Waals surface area contributed by atoms with Crippen LogP contribution in [-0.4, -0.2) is 28.8 Å². The van der Waals surface area contributed by atoms with E-state index in [1.54, 1.807) is 6.07 Å². The Hall–Kier alpha value is -3.27. The molecule has 0 aliphatic heterocycles. The van der Waals surface area contributed by atoms with Gasteiger partial charge in [0.15, 0.2) is 6.10 Å². The number of nitro groups is 1. The molecule has 3 rings (SSSR count). The Morgan fingerprint density at radius 3 is 2.57 bits per heavy atom. The number of carbonyl (C=O) groups is 3. The van der Waals surface area contributed by atoms with Crippen molar-refractivity contribution in [1.29, 1.82) is 0 Å². The molecule has 1 aromatic carbocycles. The maximum atomic E-state index is 12.9. The number of benzene rings is 1. The van der Waals surface area contributed by atoms with Crippen molar-refractivity contribution < 1.29 is 24.0 Å². The number of thiophene rings is 1. The maximum Gasteiger partial charge on any atom is 0.342 e. The number of ether oxygens (including phenoxy) is 1. The summed E-state index contributed by atoms with van der Waals surface area (Å²) in [5.41, 5.74) is 0.896. The maximum absolute atomic E-state index is 12.9. The minimum Gasteiger partial charge on any atom is -0.449 e. The summed E-state index contributed by atoms with van der Waals surface area (Å²) in [5.74, 6) is -1.70. The quantitative estimate of drug-likeness (QED) is 0.408. The van der Waals surface area contributed by atoms with Crippen LogP contribution in [0.1, 0.15) is 47.5 Å². The van der Waals surface area contributed by atoms with Gasteiger partial charge in [-0.15, -0.1) is 11.3 Å². The first-order valence-electron chi connectivity index (χ1n) is 9.45. The predicted molar refractivity (Wildman–Crippen MR) is 112 cm³/mol. The number of esters is 1. The van der Waals surface area contributed by atoms with Crippen LogP contribution in [-0.2, 0) is 27.2 Å². The molecule has 1 aliphatic rings. The molecule has 158 valence electrons. The van der Waals surface area contributed by atoms with Gasteiger partial charge in [0.05, 0.1) is 10.5 Å². The molecule has 2 N–H and O–H groups in total. The number of para-hydroxylation sites is 2. The van der Waals surface area contributed by atoms with Gasteiger partial charge in [0.25, 0.3) is 11.6 Å². The van der Waals surface area contributed by atoms with Gasteiger partial charge in [-0.3, -0.25) is 19.7 Å². The standard InChI is InChI=1S/C20H21N3O6S/c1-11(18(25)22-14-8-4-5-9-15(14)23(27)28)29-20(26)17-13-7-3-6-10-16(13)30-19(17)21-12(2)24/h4-5,8-9,11H,3,6-7,10H2,1-2H3,(H,21,24)(H,22,25). The van der Waals surface area contributed by atoms with Crippen molar-refractivity contribution in [2.45, 2.75) is 45.6 Å². The minimum atomic E-state index is -1.19. The van der Waals surface area contributed by atoms with E-state index in [4.69, 9.17) is 4.74 Å². The zero-order valence-corrected chi connectivity index (χ0v) is 17.3. The summed E-state index contributed by atoms with van der Waals surface area (Å²) in [4.78, 5) is 48.4. The Morgan fingerprint density at radius 2 is 1.87 bits per heavy atom. The van der Waals surface area contributed by atoms with E-state index in [2.05, 4.69) is 10.6 Å². The van der Waals surface area contributed by atoms with Crippen molar-refractivity contribution in [2.75, 3.05) is 10.6 Å². The van der Waals surface area contributed by atoms with Crippen molar-refractivity contribution in [3.8, 4) is 0 Å². The molecule has 0 fully saturated rings. The lowest BCUT2D eigenvalue weighted by Gasteiger charge is -2.16. The molecule has 0 radical (unpaired) electrons. The highest BCUT2D eigenvalue weighted by Gasteiger charge is 2.29. The van der Waals surface area contributed by atoms with Gasteiger partial charge in [0.1, 0.15) is 10.7 Å². The Morgan fingerprint density at radius 1 is 1.17 bits per heavy atom. The van der Waals surface area contributed by atoms with Gasteiger partial charge in [-0.05, 0) is 44.2 Å². The van der Waals surface area contributed by atoms with E-state index in [-0.39, 0.29) is 22.8 Å². The van der Waals surface area contributed by atoms with Crippen LogP contribution in [0.25, 0.3) is 0 Å². The van der Waals surface area contributed by atoms with E-state index in [0.717, 1.165) is 29.7 Å².